The van der Waals surface area contributed by atoms with E-state index in [0.29, 0.717) is 5.52 Å². The van der Waals surface area contributed by atoms with Crippen LogP contribution in [-0.4, -0.2) is 42.6 Å². The highest BCUT2D eigenvalue weighted by molar-refractivity contribution is 7.22. The molecule has 0 spiro atoms. The molecule has 3 aromatic rings. The Balaban J connectivity index is 1.34. The number of anilines is 1. The maximum absolute atomic E-state index is 13.8. The summed E-state index contributed by atoms with van der Waals surface area (Å²) in [5.74, 6) is -0.232. The van der Waals surface area contributed by atoms with Gasteiger partial charge in [-0.15, -0.1) is 0 Å². The van der Waals surface area contributed by atoms with E-state index in [4.69, 9.17) is 0 Å². The Morgan fingerprint density at radius 2 is 1.80 bits per heavy atom. The van der Waals surface area contributed by atoms with E-state index >= 15 is 0 Å². The molecule has 0 aliphatic carbocycles. The standard InChI is InChI=1S/C20H20FN3S/c21-17-9-4-10-18-19(17)22-20(25-18)24-14-12-23(13-15-24)11-5-8-16-6-2-1-3-7-16/h1-10H,11-15H2/b8-5+. The Labute approximate surface area is 151 Å². The molecule has 2 heterocycles. The summed E-state index contributed by atoms with van der Waals surface area (Å²) in [6.45, 7) is 4.81. The zero-order valence-electron chi connectivity index (χ0n) is 13.9. The first kappa shape index (κ1) is 16.2. The average Bonchev–Trinajstić information content (AvgIpc) is 3.09. The molecular weight excluding hydrogens is 333 g/mol. The molecule has 1 fully saturated rings. The minimum atomic E-state index is -0.232. The Bertz CT molecular complexity index is 867. The molecule has 4 rings (SSSR count). The van der Waals surface area contributed by atoms with Crippen LogP contribution in [0.25, 0.3) is 16.3 Å². The lowest BCUT2D eigenvalue weighted by Gasteiger charge is -2.33. The molecule has 1 aliphatic heterocycles. The first-order valence-electron chi connectivity index (χ1n) is 8.53. The molecule has 0 amide bonds. The minimum Gasteiger partial charge on any atom is -0.345 e. The van der Waals surface area contributed by atoms with Gasteiger partial charge in [0.1, 0.15) is 11.3 Å². The molecule has 2 aromatic carbocycles. The van der Waals surface area contributed by atoms with E-state index < -0.39 is 0 Å². The Morgan fingerprint density at radius 1 is 1.00 bits per heavy atom. The van der Waals surface area contributed by atoms with Gasteiger partial charge in [-0.05, 0) is 17.7 Å². The van der Waals surface area contributed by atoms with Gasteiger partial charge >= 0.3 is 0 Å². The predicted octanol–water partition coefficient (Wildman–Crippen LogP) is 4.27. The first-order valence-corrected chi connectivity index (χ1v) is 9.35. The number of piperazine rings is 1. The summed E-state index contributed by atoms with van der Waals surface area (Å²) in [6, 6.07) is 15.5. The van der Waals surface area contributed by atoms with Crippen LogP contribution in [0.5, 0.6) is 0 Å². The van der Waals surface area contributed by atoms with Crippen LogP contribution < -0.4 is 4.90 Å². The average molecular weight is 353 g/mol. The molecule has 25 heavy (non-hydrogen) atoms. The molecule has 0 radical (unpaired) electrons. The molecule has 1 aromatic heterocycles. The largest absolute Gasteiger partial charge is 0.345 e. The Kier molecular flexibility index (Phi) is 4.76. The van der Waals surface area contributed by atoms with E-state index in [0.717, 1.165) is 42.6 Å². The monoisotopic (exact) mass is 353 g/mol. The zero-order chi connectivity index (χ0) is 17.1. The summed E-state index contributed by atoms with van der Waals surface area (Å²) in [5, 5.41) is 0.930. The normalized spacial score (nSPS) is 16.1. The van der Waals surface area contributed by atoms with Crippen molar-refractivity contribution in [1.29, 1.82) is 0 Å². The number of benzene rings is 2. The van der Waals surface area contributed by atoms with Gasteiger partial charge in [0, 0.05) is 32.7 Å². The second-order valence-corrected chi connectivity index (χ2v) is 7.19. The van der Waals surface area contributed by atoms with Gasteiger partial charge in [0.15, 0.2) is 5.13 Å². The topological polar surface area (TPSA) is 19.4 Å². The van der Waals surface area contributed by atoms with Crippen LogP contribution in [0.2, 0.25) is 0 Å². The van der Waals surface area contributed by atoms with E-state index in [1.54, 1.807) is 17.4 Å². The molecule has 0 atom stereocenters. The number of fused-ring (bicyclic) bond motifs is 1. The van der Waals surface area contributed by atoms with Crippen molar-refractivity contribution in [3.8, 4) is 0 Å². The van der Waals surface area contributed by atoms with Crippen molar-refractivity contribution in [3.63, 3.8) is 0 Å². The Morgan fingerprint density at radius 3 is 2.56 bits per heavy atom. The summed E-state index contributed by atoms with van der Waals surface area (Å²) in [6.07, 6.45) is 4.39. The van der Waals surface area contributed by atoms with Gasteiger partial charge in [-0.25, -0.2) is 9.37 Å². The van der Waals surface area contributed by atoms with Gasteiger partial charge in [-0.1, -0.05) is 59.9 Å². The van der Waals surface area contributed by atoms with Crippen LogP contribution in [0.3, 0.4) is 0 Å². The third-order valence-corrected chi connectivity index (χ3v) is 5.56. The first-order chi connectivity index (χ1) is 12.3. The number of hydrogen-bond donors (Lipinski definition) is 0. The van der Waals surface area contributed by atoms with Crippen LogP contribution in [0.15, 0.2) is 54.6 Å². The summed E-state index contributed by atoms with van der Waals surface area (Å²) < 4.78 is 14.7. The second-order valence-electron chi connectivity index (χ2n) is 6.18. The molecule has 3 nitrogen and oxygen atoms in total. The molecular formula is C20H20FN3S. The van der Waals surface area contributed by atoms with Crippen LogP contribution in [0.4, 0.5) is 9.52 Å². The molecule has 1 aliphatic rings. The van der Waals surface area contributed by atoms with Gasteiger partial charge in [0.05, 0.1) is 4.70 Å². The van der Waals surface area contributed by atoms with Crippen molar-refractivity contribution < 1.29 is 4.39 Å². The smallest absolute Gasteiger partial charge is 0.186 e. The van der Waals surface area contributed by atoms with E-state index in [-0.39, 0.29) is 5.82 Å². The molecule has 5 heteroatoms. The highest BCUT2D eigenvalue weighted by Gasteiger charge is 2.19. The zero-order valence-corrected chi connectivity index (χ0v) is 14.8. The number of aromatic nitrogens is 1. The van der Waals surface area contributed by atoms with E-state index in [1.807, 2.05) is 12.1 Å². The number of thiazole rings is 1. The van der Waals surface area contributed by atoms with E-state index in [2.05, 4.69) is 51.2 Å². The number of rotatable bonds is 4. The van der Waals surface area contributed by atoms with Gasteiger partial charge in [0.2, 0.25) is 0 Å². The predicted molar refractivity (Wildman–Crippen MR) is 104 cm³/mol. The van der Waals surface area contributed by atoms with Gasteiger partial charge < -0.3 is 4.90 Å². The van der Waals surface area contributed by atoms with Crippen molar-refractivity contribution in [3.05, 3.63) is 66.0 Å². The summed E-state index contributed by atoms with van der Waals surface area (Å²) >= 11 is 1.58. The summed E-state index contributed by atoms with van der Waals surface area (Å²) in [7, 11) is 0. The minimum absolute atomic E-state index is 0.232. The van der Waals surface area contributed by atoms with Gasteiger partial charge in [-0.2, -0.15) is 0 Å². The lowest BCUT2D eigenvalue weighted by Crippen LogP contribution is -2.46. The maximum Gasteiger partial charge on any atom is 0.186 e. The fraction of sp³-hybridized carbons (Fsp3) is 0.250. The van der Waals surface area contributed by atoms with Crippen molar-refractivity contribution in [2.45, 2.75) is 0 Å². The van der Waals surface area contributed by atoms with Crippen LogP contribution in [0, 0.1) is 5.82 Å². The second kappa shape index (κ2) is 7.33. The number of para-hydroxylation sites is 1. The molecule has 0 unspecified atom stereocenters. The molecule has 0 N–H and O–H groups in total. The van der Waals surface area contributed by atoms with Crippen molar-refractivity contribution >= 4 is 32.8 Å². The lowest BCUT2D eigenvalue weighted by molar-refractivity contribution is 0.284. The highest BCUT2D eigenvalue weighted by Crippen LogP contribution is 2.30. The summed E-state index contributed by atoms with van der Waals surface area (Å²) in [5.41, 5.74) is 1.73. The SMILES string of the molecule is Fc1cccc2sc(N3CCN(C/C=C/c4ccccc4)CC3)nc12. The van der Waals surface area contributed by atoms with Crippen molar-refractivity contribution in [2.24, 2.45) is 0 Å². The molecule has 0 saturated carbocycles. The van der Waals surface area contributed by atoms with Gasteiger partial charge in [0.25, 0.3) is 0 Å². The molecule has 0 bridgehead atoms. The van der Waals surface area contributed by atoms with E-state index in [1.165, 1.54) is 11.6 Å². The third-order valence-electron chi connectivity index (χ3n) is 4.47. The summed E-state index contributed by atoms with van der Waals surface area (Å²) in [4.78, 5) is 9.20. The van der Waals surface area contributed by atoms with Crippen LogP contribution >= 0.6 is 11.3 Å². The van der Waals surface area contributed by atoms with Gasteiger partial charge in [-0.3, -0.25) is 4.90 Å². The number of halogens is 1. The molecule has 128 valence electrons. The maximum atomic E-state index is 13.8. The van der Waals surface area contributed by atoms with Crippen molar-refractivity contribution in [2.75, 3.05) is 37.6 Å². The quantitative estimate of drug-likeness (QED) is 0.698. The molecule has 1 saturated heterocycles. The van der Waals surface area contributed by atoms with E-state index in [9.17, 15) is 4.39 Å². The number of nitrogens with zero attached hydrogens (tertiary/aromatic N) is 3. The third kappa shape index (κ3) is 3.72. The fourth-order valence-corrected chi connectivity index (χ4v) is 4.09. The highest BCUT2D eigenvalue weighted by atomic mass is 32.1. The Hall–Kier alpha value is -2.24. The van der Waals surface area contributed by atoms with Crippen LogP contribution in [0.1, 0.15) is 5.56 Å². The van der Waals surface area contributed by atoms with Crippen molar-refractivity contribution in [1.82, 2.24) is 9.88 Å². The number of hydrogen-bond acceptors (Lipinski definition) is 4. The van der Waals surface area contributed by atoms with Crippen LogP contribution in [-0.2, 0) is 0 Å². The fourth-order valence-electron chi connectivity index (χ4n) is 3.06. The lowest BCUT2D eigenvalue weighted by atomic mass is 10.2.